The monoisotopic (exact) mass is 397 g/mol. The molecule has 26 heavy (non-hydrogen) atoms. The Morgan fingerprint density at radius 3 is 2.27 bits per heavy atom. The van der Waals surface area contributed by atoms with E-state index >= 15 is 0 Å². The van der Waals surface area contributed by atoms with Crippen molar-refractivity contribution in [3.63, 3.8) is 0 Å². The Labute approximate surface area is 160 Å². The van der Waals surface area contributed by atoms with E-state index < -0.39 is 10.0 Å². The predicted octanol–water partition coefficient (Wildman–Crippen LogP) is 1.77. The van der Waals surface area contributed by atoms with Gasteiger partial charge in [0.05, 0.1) is 4.90 Å². The summed E-state index contributed by atoms with van der Waals surface area (Å²) >= 11 is 0. The highest BCUT2D eigenvalue weighted by Gasteiger charge is 2.11. The number of benzene rings is 2. The van der Waals surface area contributed by atoms with E-state index in [1.807, 2.05) is 30.3 Å². The molecule has 0 heterocycles. The summed E-state index contributed by atoms with van der Waals surface area (Å²) in [6.07, 6.45) is 0.853. The van der Waals surface area contributed by atoms with Crippen molar-refractivity contribution in [3.05, 3.63) is 65.7 Å². The van der Waals surface area contributed by atoms with Gasteiger partial charge in [-0.15, -0.1) is 12.4 Å². The molecule has 0 aromatic heterocycles. The molecule has 0 saturated carbocycles. The average molecular weight is 398 g/mol. The molecular weight excluding hydrogens is 374 g/mol. The average Bonchev–Trinajstić information content (AvgIpc) is 2.65. The molecule has 6 nitrogen and oxygen atoms in total. The van der Waals surface area contributed by atoms with Gasteiger partial charge in [0.1, 0.15) is 0 Å². The van der Waals surface area contributed by atoms with Crippen LogP contribution in [0, 0.1) is 0 Å². The maximum absolute atomic E-state index is 12.0. The van der Waals surface area contributed by atoms with Crippen molar-refractivity contribution in [2.75, 3.05) is 13.6 Å². The second-order valence-corrected chi connectivity index (χ2v) is 7.56. The molecule has 4 N–H and O–H groups in total. The Hall–Kier alpha value is -1.93. The van der Waals surface area contributed by atoms with E-state index in [4.69, 9.17) is 5.73 Å². The van der Waals surface area contributed by atoms with Crippen LogP contribution < -0.4 is 15.8 Å². The fourth-order valence-electron chi connectivity index (χ4n) is 2.34. The van der Waals surface area contributed by atoms with E-state index in [1.54, 1.807) is 12.1 Å². The summed E-state index contributed by atoms with van der Waals surface area (Å²) < 4.78 is 25.6. The Bertz CT molecular complexity index is 796. The number of halogens is 1. The van der Waals surface area contributed by atoms with Crippen molar-refractivity contribution in [1.82, 2.24) is 10.0 Å². The summed E-state index contributed by atoms with van der Waals surface area (Å²) in [5, 5.41) is 2.83. The number of sulfonamides is 1. The molecule has 1 unspecified atom stereocenters. The molecule has 0 aliphatic carbocycles. The predicted molar refractivity (Wildman–Crippen MR) is 105 cm³/mol. The van der Waals surface area contributed by atoms with Crippen LogP contribution in [0.5, 0.6) is 0 Å². The Balaban J connectivity index is 0.00000338. The van der Waals surface area contributed by atoms with E-state index in [1.165, 1.54) is 19.2 Å². The van der Waals surface area contributed by atoms with Gasteiger partial charge < -0.3 is 11.1 Å². The third-order valence-corrected chi connectivity index (χ3v) is 5.32. The molecule has 0 fully saturated rings. The lowest BCUT2D eigenvalue weighted by Crippen LogP contribution is -2.32. The largest absolute Gasteiger partial charge is 0.354 e. The maximum Gasteiger partial charge on any atom is 0.240 e. The fourth-order valence-corrected chi connectivity index (χ4v) is 3.07. The Morgan fingerprint density at radius 2 is 1.69 bits per heavy atom. The van der Waals surface area contributed by atoms with Crippen molar-refractivity contribution in [3.8, 4) is 0 Å². The number of carbonyl (C=O) groups excluding carboxylic acids is 1. The van der Waals surface area contributed by atoms with Gasteiger partial charge in [-0.2, -0.15) is 0 Å². The van der Waals surface area contributed by atoms with Crippen LogP contribution in [0.15, 0.2) is 59.5 Å². The quantitative estimate of drug-likeness (QED) is 0.631. The van der Waals surface area contributed by atoms with E-state index in [0.717, 1.165) is 11.1 Å². The van der Waals surface area contributed by atoms with Gasteiger partial charge in [-0.05, 0) is 36.7 Å². The van der Waals surface area contributed by atoms with Gasteiger partial charge in [0, 0.05) is 19.0 Å². The maximum atomic E-state index is 12.0. The molecule has 0 bridgehead atoms. The van der Waals surface area contributed by atoms with Crippen molar-refractivity contribution in [2.45, 2.75) is 23.8 Å². The molecule has 2 aromatic carbocycles. The van der Waals surface area contributed by atoms with Gasteiger partial charge in [-0.1, -0.05) is 42.5 Å². The lowest BCUT2D eigenvalue weighted by atomic mass is 10.1. The number of nitrogens with two attached hydrogens (primary N) is 1. The van der Waals surface area contributed by atoms with Crippen molar-refractivity contribution >= 4 is 28.3 Å². The minimum Gasteiger partial charge on any atom is -0.354 e. The third kappa shape index (κ3) is 6.42. The van der Waals surface area contributed by atoms with Gasteiger partial charge in [0.25, 0.3) is 0 Å². The standard InChI is InChI=1S/C18H23N3O3S.ClH/c1-20-25(23,24)16-10-7-14(8-11-16)9-12-18(22)21-13-17(19)15-5-3-2-4-6-15;/h2-8,10-11,17,20H,9,12-13,19H2,1H3,(H,21,22);1H. The van der Waals surface area contributed by atoms with Crippen molar-refractivity contribution < 1.29 is 13.2 Å². The molecule has 2 aromatic rings. The Kier molecular flexibility index (Phi) is 8.74. The highest BCUT2D eigenvalue weighted by molar-refractivity contribution is 7.89. The highest BCUT2D eigenvalue weighted by Crippen LogP contribution is 2.12. The molecule has 1 atom stereocenters. The molecule has 2 rings (SSSR count). The van der Waals surface area contributed by atoms with E-state index in [-0.39, 0.29) is 29.3 Å². The molecule has 0 radical (unpaired) electrons. The van der Waals surface area contributed by atoms with Crippen LogP contribution in [0.3, 0.4) is 0 Å². The number of hydrogen-bond donors (Lipinski definition) is 3. The molecule has 142 valence electrons. The number of aryl methyl sites for hydroxylation is 1. The number of rotatable bonds is 8. The lowest BCUT2D eigenvalue weighted by Gasteiger charge is -2.13. The lowest BCUT2D eigenvalue weighted by molar-refractivity contribution is -0.121. The highest BCUT2D eigenvalue weighted by atomic mass is 35.5. The summed E-state index contributed by atoms with van der Waals surface area (Å²) in [5.74, 6) is -0.0849. The molecule has 8 heteroatoms. The van der Waals surface area contributed by atoms with Crippen LogP contribution in [0.1, 0.15) is 23.6 Å². The first-order valence-electron chi connectivity index (χ1n) is 8.02. The summed E-state index contributed by atoms with van der Waals surface area (Å²) in [6, 6.07) is 15.9. The smallest absolute Gasteiger partial charge is 0.240 e. The SMILES string of the molecule is CNS(=O)(=O)c1ccc(CCC(=O)NCC(N)c2ccccc2)cc1.Cl. The van der Waals surface area contributed by atoms with Gasteiger partial charge in [0.2, 0.25) is 15.9 Å². The topological polar surface area (TPSA) is 101 Å². The molecular formula is C18H24ClN3O3S. The number of nitrogens with one attached hydrogen (secondary N) is 2. The van der Waals surface area contributed by atoms with Gasteiger partial charge in [0.15, 0.2) is 0 Å². The number of hydrogen-bond acceptors (Lipinski definition) is 4. The first-order chi connectivity index (χ1) is 11.9. The van der Waals surface area contributed by atoms with Crippen molar-refractivity contribution in [2.24, 2.45) is 5.73 Å². The molecule has 0 saturated heterocycles. The molecule has 0 spiro atoms. The van der Waals surface area contributed by atoms with Gasteiger partial charge in [-0.25, -0.2) is 13.1 Å². The first-order valence-corrected chi connectivity index (χ1v) is 9.50. The third-order valence-electron chi connectivity index (χ3n) is 3.89. The minimum absolute atomic E-state index is 0. The van der Waals surface area contributed by atoms with Crippen LogP contribution >= 0.6 is 12.4 Å². The zero-order valence-corrected chi connectivity index (χ0v) is 16.1. The fraction of sp³-hybridized carbons (Fsp3) is 0.278. The number of amides is 1. The van der Waals surface area contributed by atoms with Crippen LogP contribution in [-0.4, -0.2) is 27.9 Å². The van der Waals surface area contributed by atoms with Crippen LogP contribution in [-0.2, 0) is 21.2 Å². The van der Waals surface area contributed by atoms with Gasteiger partial charge in [-0.3, -0.25) is 4.79 Å². The van der Waals surface area contributed by atoms with E-state index in [2.05, 4.69) is 10.0 Å². The van der Waals surface area contributed by atoms with Crippen LogP contribution in [0.25, 0.3) is 0 Å². The zero-order chi connectivity index (χ0) is 18.3. The second kappa shape index (κ2) is 10.3. The van der Waals surface area contributed by atoms with Crippen LogP contribution in [0.2, 0.25) is 0 Å². The Morgan fingerprint density at radius 1 is 1.08 bits per heavy atom. The summed E-state index contributed by atoms with van der Waals surface area (Å²) in [7, 11) is -2.07. The number of carbonyl (C=O) groups is 1. The zero-order valence-electron chi connectivity index (χ0n) is 14.5. The molecule has 0 aliphatic heterocycles. The van der Waals surface area contributed by atoms with Crippen molar-refractivity contribution in [1.29, 1.82) is 0 Å². The van der Waals surface area contributed by atoms with Gasteiger partial charge >= 0.3 is 0 Å². The minimum atomic E-state index is -3.43. The summed E-state index contributed by atoms with van der Waals surface area (Å²) in [5.41, 5.74) is 7.92. The van der Waals surface area contributed by atoms with E-state index in [9.17, 15) is 13.2 Å². The molecule has 0 aliphatic rings. The normalized spacial score (nSPS) is 12.1. The summed E-state index contributed by atoms with van der Waals surface area (Å²) in [4.78, 5) is 12.2. The summed E-state index contributed by atoms with van der Waals surface area (Å²) in [6.45, 7) is 0.377. The van der Waals surface area contributed by atoms with Crippen LogP contribution in [0.4, 0.5) is 0 Å². The second-order valence-electron chi connectivity index (χ2n) is 5.67. The van der Waals surface area contributed by atoms with E-state index in [0.29, 0.717) is 19.4 Å². The first kappa shape index (κ1) is 22.1. The molecule has 1 amide bonds.